The Labute approximate surface area is 223 Å². The Hall–Kier alpha value is -2.42. The zero-order chi connectivity index (χ0) is 27.1. The van der Waals surface area contributed by atoms with Gasteiger partial charge in [0.1, 0.15) is 17.6 Å². The number of likely N-dealkylation sites (tertiary alicyclic amines) is 1. The van der Waals surface area contributed by atoms with E-state index in [-0.39, 0.29) is 37.5 Å². The monoisotopic (exact) mass is 532 g/mol. The Bertz CT molecular complexity index is 1060. The van der Waals surface area contributed by atoms with Gasteiger partial charge in [-0.1, -0.05) is 37.9 Å². The highest BCUT2D eigenvalue weighted by Crippen LogP contribution is 2.64. The molecule has 37 heavy (non-hydrogen) atoms. The molecule has 3 aliphatic rings. The van der Waals surface area contributed by atoms with Crippen LogP contribution >= 0.6 is 11.6 Å². The van der Waals surface area contributed by atoms with Gasteiger partial charge in [0.05, 0.1) is 30.8 Å². The molecule has 3 aliphatic heterocycles. The highest BCUT2D eigenvalue weighted by atomic mass is 35.5. The minimum atomic E-state index is -1.20. The molecule has 7 atom stereocenters. The van der Waals surface area contributed by atoms with Gasteiger partial charge < -0.3 is 24.4 Å². The molecule has 3 fully saturated rings. The fourth-order valence-electron chi connectivity index (χ4n) is 6.62. The molecule has 0 radical (unpaired) electrons. The number of benzene rings is 1. The normalized spacial score (nSPS) is 31.7. The summed E-state index contributed by atoms with van der Waals surface area (Å²) in [4.78, 5) is 45.0. The lowest BCUT2D eigenvalue weighted by Crippen LogP contribution is -2.60. The third-order valence-electron chi connectivity index (χ3n) is 8.55. The number of rotatable bonds is 10. The molecular weight excluding hydrogens is 496 g/mol. The molecular formula is C28H37ClN2O6. The number of aliphatic hydroxyl groups is 1. The molecule has 0 aliphatic carbocycles. The molecule has 1 spiro atoms. The predicted octanol–water partition coefficient (Wildman–Crippen LogP) is 3.59. The van der Waals surface area contributed by atoms with Crippen LogP contribution in [-0.4, -0.2) is 70.8 Å². The second-order valence-corrected chi connectivity index (χ2v) is 11.0. The molecule has 4 rings (SSSR count). The van der Waals surface area contributed by atoms with Crippen molar-refractivity contribution in [1.82, 2.24) is 4.90 Å². The summed E-state index contributed by atoms with van der Waals surface area (Å²) in [6.45, 7) is 11.4. The van der Waals surface area contributed by atoms with E-state index in [2.05, 4.69) is 6.58 Å². The molecule has 1 N–H and O–H groups in total. The van der Waals surface area contributed by atoms with Crippen LogP contribution < -0.4 is 4.90 Å². The van der Waals surface area contributed by atoms with Crippen molar-refractivity contribution in [2.75, 3.05) is 24.7 Å². The summed E-state index contributed by atoms with van der Waals surface area (Å²) in [5.41, 5.74) is -1.51. The van der Waals surface area contributed by atoms with Crippen LogP contribution in [0.5, 0.6) is 0 Å². The molecule has 3 heterocycles. The van der Waals surface area contributed by atoms with Crippen molar-refractivity contribution < 1.29 is 29.0 Å². The second kappa shape index (κ2) is 10.4. The van der Waals surface area contributed by atoms with Crippen LogP contribution in [0.3, 0.4) is 0 Å². The minimum Gasteiger partial charge on any atom is -0.466 e. The number of hydrogen-bond acceptors (Lipinski definition) is 6. The largest absolute Gasteiger partial charge is 0.466 e. The molecule has 0 saturated carbocycles. The number of ether oxygens (including phenoxy) is 2. The number of esters is 1. The molecule has 1 aromatic carbocycles. The highest BCUT2D eigenvalue weighted by Gasteiger charge is 2.79. The average molecular weight is 533 g/mol. The van der Waals surface area contributed by atoms with E-state index >= 15 is 0 Å². The summed E-state index contributed by atoms with van der Waals surface area (Å²) in [5, 5.41) is 11.0. The first-order valence-electron chi connectivity index (χ1n) is 13.1. The zero-order valence-corrected chi connectivity index (χ0v) is 22.7. The second-order valence-electron chi connectivity index (χ2n) is 10.6. The van der Waals surface area contributed by atoms with E-state index < -0.39 is 41.1 Å². The van der Waals surface area contributed by atoms with E-state index in [9.17, 15) is 19.5 Å². The van der Waals surface area contributed by atoms with Crippen LogP contribution in [0.2, 0.25) is 5.02 Å². The topological polar surface area (TPSA) is 96.4 Å². The quantitative estimate of drug-likeness (QED) is 0.365. The van der Waals surface area contributed by atoms with Crippen molar-refractivity contribution in [3.05, 3.63) is 41.9 Å². The van der Waals surface area contributed by atoms with Crippen molar-refractivity contribution in [2.45, 2.75) is 70.2 Å². The number of amides is 2. The summed E-state index contributed by atoms with van der Waals surface area (Å²) in [7, 11) is 0. The Morgan fingerprint density at radius 3 is 2.57 bits per heavy atom. The van der Waals surface area contributed by atoms with Gasteiger partial charge in [-0.2, -0.15) is 0 Å². The van der Waals surface area contributed by atoms with Crippen molar-refractivity contribution in [3.8, 4) is 0 Å². The maximum Gasteiger partial charge on any atom is 0.312 e. The van der Waals surface area contributed by atoms with Crippen molar-refractivity contribution in [2.24, 2.45) is 17.8 Å². The number of anilines is 1. The molecule has 8 nitrogen and oxygen atoms in total. The first-order chi connectivity index (χ1) is 17.6. The van der Waals surface area contributed by atoms with Crippen LogP contribution in [0.25, 0.3) is 0 Å². The number of fused-ring (bicyclic) bond motifs is 1. The SMILES string of the molecule is C=CCN(C(=O)C1N([C@@H](CO)[C@@H](C)CC)C(=O)[C@@H]2[C@H](C(=O)OCC)[C@]3(C)CCC12O3)c1ccc(Cl)cc1. The van der Waals surface area contributed by atoms with Crippen LogP contribution in [0.1, 0.15) is 47.0 Å². The summed E-state index contributed by atoms with van der Waals surface area (Å²) in [6, 6.07) is 5.25. The van der Waals surface area contributed by atoms with Gasteiger partial charge in [-0.05, 0) is 56.9 Å². The molecule has 2 amide bonds. The van der Waals surface area contributed by atoms with E-state index in [4.69, 9.17) is 21.1 Å². The molecule has 202 valence electrons. The maximum atomic E-state index is 14.5. The lowest BCUT2D eigenvalue weighted by Gasteiger charge is -2.41. The average Bonchev–Trinajstić information content (AvgIpc) is 3.44. The summed E-state index contributed by atoms with van der Waals surface area (Å²) >= 11 is 6.10. The standard InChI is InChI=1S/C28H37ClN2O6/c1-6-15-30(19-11-9-18(29)10-12-19)25(34)23-28-14-13-27(5,37-28)22(26(35)36-8-3)21(28)24(33)31(23)20(16-32)17(4)7-2/h6,9-12,17,20-23,32H,1,7-8,13-16H2,2-5H3/t17-,20-,21-,22+,23?,27-,28?/m0/s1. The van der Waals surface area contributed by atoms with Crippen LogP contribution in [0.4, 0.5) is 5.69 Å². The lowest BCUT2D eigenvalue weighted by molar-refractivity contribution is -0.160. The van der Waals surface area contributed by atoms with E-state index in [1.54, 1.807) is 42.2 Å². The molecule has 3 saturated heterocycles. The fraction of sp³-hybridized carbons (Fsp3) is 0.607. The van der Waals surface area contributed by atoms with Gasteiger partial charge in [-0.15, -0.1) is 6.58 Å². The Morgan fingerprint density at radius 2 is 2.00 bits per heavy atom. The Morgan fingerprint density at radius 1 is 1.32 bits per heavy atom. The molecule has 2 unspecified atom stereocenters. The predicted molar refractivity (Wildman–Crippen MR) is 140 cm³/mol. The van der Waals surface area contributed by atoms with Crippen LogP contribution in [-0.2, 0) is 23.9 Å². The minimum absolute atomic E-state index is 0.0864. The highest BCUT2D eigenvalue weighted by molar-refractivity contribution is 6.30. The van der Waals surface area contributed by atoms with Gasteiger partial charge in [0.2, 0.25) is 5.91 Å². The van der Waals surface area contributed by atoms with Gasteiger partial charge >= 0.3 is 5.97 Å². The Kier molecular flexibility index (Phi) is 7.75. The fourth-order valence-corrected chi connectivity index (χ4v) is 6.75. The van der Waals surface area contributed by atoms with Crippen molar-refractivity contribution >= 4 is 35.1 Å². The van der Waals surface area contributed by atoms with E-state index in [0.717, 1.165) is 0 Å². The van der Waals surface area contributed by atoms with E-state index in [1.807, 2.05) is 20.8 Å². The first kappa shape index (κ1) is 27.6. The van der Waals surface area contributed by atoms with E-state index in [1.165, 1.54) is 4.90 Å². The molecule has 1 aromatic rings. The third kappa shape index (κ3) is 4.27. The first-order valence-corrected chi connectivity index (χ1v) is 13.5. The number of hydrogen-bond donors (Lipinski definition) is 1. The lowest BCUT2D eigenvalue weighted by atomic mass is 9.66. The Balaban J connectivity index is 1.86. The van der Waals surface area contributed by atoms with Gasteiger partial charge in [-0.3, -0.25) is 14.4 Å². The number of nitrogens with zero attached hydrogens (tertiary/aromatic N) is 2. The van der Waals surface area contributed by atoms with Crippen molar-refractivity contribution in [1.29, 1.82) is 0 Å². The van der Waals surface area contributed by atoms with Gasteiger partial charge in [0.15, 0.2) is 0 Å². The van der Waals surface area contributed by atoms with Crippen molar-refractivity contribution in [3.63, 3.8) is 0 Å². The number of aliphatic hydroxyl groups excluding tert-OH is 1. The molecule has 0 aromatic heterocycles. The third-order valence-corrected chi connectivity index (χ3v) is 8.80. The van der Waals surface area contributed by atoms with Crippen LogP contribution in [0, 0.1) is 17.8 Å². The zero-order valence-electron chi connectivity index (χ0n) is 22.0. The molecule has 9 heteroatoms. The summed E-state index contributed by atoms with van der Waals surface area (Å²) < 4.78 is 12.0. The van der Waals surface area contributed by atoms with Crippen LogP contribution in [0.15, 0.2) is 36.9 Å². The number of carbonyl (C=O) groups is 3. The maximum absolute atomic E-state index is 14.5. The van der Waals surface area contributed by atoms with Gasteiger partial charge in [0.25, 0.3) is 5.91 Å². The van der Waals surface area contributed by atoms with Gasteiger partial charge in [-0.25, -0.2) is 0 Å². The summed E-state index contributed by atoms with van der Waals surface area (Å²) in [5.74, 6) is -2.94. The van der Waals surface area contributed by atoms with Gasteiger partial charge in [0, 0.05) is 17.3 Å². The number of halogens is 1. The summed E-state index contributed by atoms with van der Waals surface area (Å²) in [6.07, 6.45) is 3.29. The smallest absolute Gasteiger partial charge is 0.312 e. The number of carbonyl (C=O) groups excluding carboxylic acids is 3. The van der Waals surface area contributed by atoms with E-state index in [0.29, 0.717) is 30.0 Å². The molecule has 2 bridgehead atoms.